The molecule has 0 radical (unpaired) electrons. The Labute approximate surface area is 173 Å². The van der Waals surface area contributed by atoms with Gasteiger partial charge in [0.05, 0.1) is 12.2 Å². The molecular weight excluding hydrogens is 368 g/mol. The van der Waals surface area contributed by atoms with E-state index in [1.54, 1.807) is 20.4 Å². The number of aliphatic imine (C=N–C) groups is 1. The third-order valence-corrected chi connectivity index (χ3v) is 4.27. The monoisotopic (exact) mass is 400 g/mol. The topological polar surface area (TPSA) is 77.0 Å². The third kappa shape index (κ3) is 7.27. The quantitative estimate of drug-likeness (QED) is 0.467. The summed E-state index contributed by atoms with van der Waals surface area (Å²) < 4.78 is 17.3. The van der Waals surface area contributed by atoms with Gasteiger partial charge in [0.2, 0.25) is 5.88 Å². The second-order valence-electron chi connectivity index (χ2n) is 7.11. The van der Waals surface area contributed by atoms with Gasteiger partial charge in [-0.25, -0.2) is 4.98 Å². The number of pyridine rings is 1. The van der Waals surface area contributed by atoms with Crippen LogP contribution in [0.4, 0.5) is 0 Å². The molecule has 0 aliphatic carbocycles. The largest absolute Gasteiger partial charge is 0.490 e. The van der Waals surface area contributed by atoms with Gasteiger partial charge >= 0.3 is 0 Å². The molecule has 0 aliphatic heterocycles. The number of hydrogen-bond acceptors (Lipinski definition) is 5. The van der Waals surface area contributed by atoms with Crippen molar-refractivity contribution in [1.29, 1.82) is 0 Å². The van der Waals surface area contributed by atoms with Crippen LogP contribution >= 0.6 is 0 Å². The Morgan fingerprint density at radius 2 is 1.86 bits per heavy atom. The molecule has 0 bridgehead atoms. The molecule has 0 aliphatic rings. The van der Waals surface area contributed by atoms with Crippen LogP contribution in [-0.2, 0) is 11.3 Å². The van der Waals surface area contributed by atoms with E-state index < -0.39 is 0 Å². The molecule has 2 rings (SSSR count). The number of nitrogens with zero attached hydrogens (tertiary/aromatic N) is 2. The van der Waals surface area contributed by atoms with Gasteiger partial charge in [0.15, 0.2) is 17.5 Å². The number of benzene rings is 1. The van der Waals surface area contributed by atoms with E-state index in [1.807, 2.05) is 50.2 Å². The number of guanidine groups is 1. The second-order valence-corrected chi connectivity index (χ2v) is 7.11. The summed E-state index contributed by atoms with van der Waals surface area (Å²) in [4.78, 5) is 8.66. The van der Waals surface area contributed by atoms with Crippen molar-refractivity contribution in [3.8, 4) is 17.4 Å². The Bertz CT molecular complexity index is 793. The summed E-state index contributed by atoms with van der Waals surface area (Å²) >= 11 is 0. The summed E-state index contributed by atoms with van der Waals surface area (Å²) in [7, 11) is 3.43. The number of nitrogens with one attached hydrogen (secondary N) is 2. The number of aromatic nitrogens is 1. The molecule has 29 heavy (non-hydrogen) atoms. The molecule has 7 nitrogen and oxygen atoms in total. The summed E-state index contributed by atoms with van der Waals surface area (Å²) in [5.74, 6) is 2.56. The van der Waals surface area contributed by atoms with Crippen molar-refractivity contribution in [3.63, 3.8) is 0 Å². The molecular formula is C22H32N4O3. The van der Waals surface area contributed by atoms with Crippen molar-refractivity contribution in [2.45, 2.75) is 39.3 Å². The molecule has 0 spiro atoms. The van der Waals surface area contributed by atoms with E-state index in [9.17, 15) is 0 Å². The molecule has 2 aromatic rings. The van der Waals surface area contributed by atoms with Gasteiger partial charge in [-0.1, -0.05) is 25.1 Å². The summed E-state index contributed by atoms with van der Waals surface area (Å²) in [6.45, 7) is 7.87. The van der Waals surface area contributed by atoms with Crippen molar-refractivity contribution >= 4 is 5.96 Å². The lowest BCUT2D eigenvalue weighted by Crippen LogP contribution is -2.45. The predicted molar refractivity (Wildman–Crippen MR) is 116 cm³/mol. The highest BCUT2D eigenvalue weighted by atomic mass is 16.5. The van der Waals surface area contributed by atoms with Crippen molar-refractivity contribution in [2.24, 2.45) is 4.99 Å². The Morgan fingerprint density at radius 1 is 1.10 bits per heavy atom. The Morgan fingerprint density at radius 3 is 2.55 bits per heavy atom. The molecule has 1 aromatic carbocycles. The van der Waals surface area contributed by atoms with Crippen LogP contribution in [0.25, 0.3) is 0 Å². The Kier molecular flexibility index (Phi) is 8.73. The Balaban J connectivity index is 2.06. The first-order valence-electron chi connectivity index (χ1n) is 9.82. The molecule has 0 atom stereocenters. The molecule has 7 heteroatoms. The van der Waals surface area contributed by atoms with E-state index in [1.165, 1.54) is 0 Å². The minimum absolute atomic E-state index is 0.289. The molecule has 0 amide bonds. The average molecular weight is 401 g/mol. The van der Waals surface area contributed by atoms with Gasteiger partial charge in [-0.2, -0.15) is 0 Å². The minimum Gasteiger partial charge on any atom is -0.490 e. The van der Waals surface area contributed by atoms with Gasteiger partial charge in [-0.05, 0) is 38.5 Å². The van der Waals surface area contributed by atoms with Gasteiger partial charge in [-0.15, -0.1) is 0 Å². The molecule has 2 N–H and O–H groups in total. The van der Waals surface area contributed by atoms with Crippen molar-refractivity contribution < 1.29 is 14.2 Å². The number of methoxy groups -OCH3 is 1. The highest BCUT2D eigenvalue weighted by Crippen LogP contribution is 2.31. The zero-order chi connectivity index (χ0) is 21.1. The van der Waals surface area contributed by atoms with Crippen molar-refractivity contribution in [2.75, 3.05) is 27.3 Å². The number of ether oxygens (including phenoxy) is 3. The summed E-state index contributed by atoms with van der Waals surface area (Å²) in [6, 6.07) is 11.5. The lowest BCUT2D eigenvalue weighted by atomic mass is 10.1. The minimum atomic E-state index is -0.289. The Hall–Kier alpha value is -2.80. The van der Waals surface area contributed by atoms with E-state index in [-0.39, 0.29) is 5.60 Å². The molecule has 0 saturated carbocycles. The van der Waals surface area contributed by atoms with Crippen LogP contribution < -0.4 is 20.1 Å². The molecule has 0 unspecified atom stereocenters. The normalized spacial score (nSPS) is 11.8. The number of rotatable bonds is 10. The maximum absolute atomic E-state index is 6.08. The van der Waals surface area contributed by atoms with Crippen molar-refractivity contribution in [1.82, 2.24) is 15.6 Å². The van der Waals surface area contributed by atoms with Crippen molar-refractivity contribution in [3.05, 3.63) is 48.2 Å². The van der Waals surface area contributed by atoms with Crippen LogP contribution in [-0.4, -0.2) is 43.9 Å². The van der Waals surface area contributed by atoms with Gasteiger partial charge < -0.3 is 24.8 Å². The van der Waals surface area contributed by atoms with E-state index in [0.717, 1.165) is 12.0 Å². The first-order valence-corrected chi connectivity index (χ1v) is 9.82. The predicted octanol–water partition coefficient (Wildman–Crippen LogP) is 3.75. The average Bonchev–Trinajstić information content (AvgIpc) is 2.74. The van der Waals surface area contributed by atoms with E-state index in [2.05, 4.69) is 27.5 Å². The van der Waals surface area contributed by atoms with Crippen LogP contribution in [0.1, 0.15) is 32.8 Å². The fraction of sp³-hybridized carbons (Fsp3) is 0.455. The molecule has 0 saturated heterocycles. The fourth-order valence-corrected chi connectivity index (χ4v) is 2.39. The van der Waals surface area contributed by atoms with Crippen LogP contribution in [0, 0.1) is 0 Å². The summed E-state index contributed by atoms with van der Waals surface area (Å²) in [6.07, 6.45) is 2.64. The van der Waals surface area contributed by atoms with Crippen LogP contribution in [0.5, 0.6) is 17.4 Å². The van der Waals surface area contributed by atoms with Crippen LogP contribution in [0.2, 0.25) is 0 Å². The van der Waals surface area contributed by atoms with Gasteiger partial charge in [0, 0.05) is 39.0 Å². The van der Waals surface area contributed by atoms with Crippen LogP contribution in [0.3, 0.4) is 0 Å². The van der Waals surface area contributed by atoms with Crippen LogP contribution in [0.15, 0.2) is 47.6 Å². The molecule has 0 fully saturated rings. The third-order valence-electron chi connectivity index (χ3n) is 4.27. The fourth-order valence-electron chi connectivity index (χ4n) is 2.39. The second kappa shape index (κ2) is 11.3. The zero-order valence-electron chi connectivity index (χ0n) is 18.0. The first kappa shape index (κ1) is 22.5. The van der Waals surface area contributed by atoms with Gasteiger partial charge in [-0.3, -0.25) is 4.99 Å². The van der Waals surface area contributed by atoms with E-state index in [0.29, 0.717) is 43.0 Å². The lowest BCUT2D eigenvalue weighted by Gasteiger charge is -2.24. The SMILES string of the molecule is CCCOc1ccccc1Oc1ncccc1CNC(=NC)NCC(C)(C)OC. The molecule has 1 aromatic heterocycles. The maximum atomic E-state index is 6.08. The molecule has 1 heterocycles. The molecule has 158 valence electrons. The standard InChI is InChI=1S/C22H32N4O3/c1-6-14-28-18-11-7-8-12-19(18)29-20-17(10-9-13-24-20)15-25-21(23-4)26-16-22(2,3)27-5/h7-13H,6,14-16H2,1-5H3,(H2,23,25,26). The highest BCUT2D eigenvalue weighted by Gasteiger charge is 2.17. The summed E-state index contributed by atoms with van der Waals surface area (Å²) in [5, 5.41) is 6.55. The lowest BCUT2D eigenvalue weighted by molar-refractivity contribution is 0.0268. The maximum Gasteiger partial charge on any atom is 0.224 e. The van der Waals surface area contributed by atoms with E-state index >= 15 is 0 Å². The highest BCUT2D eigenvalue weighted by molar-refractivity contribution is 5.79. The summed E-state index contributed by atoms with van der Waals surface area (Å²) in [5.41, 5.74) is 0.620. The van der Waals surface area contributed by atoms with E-state index in [4.69, 9.17) is 14.2 Å². The number of para-hydroxylation sites is 2. The van der Waals surface area contributed by atoms with Gasteiger partial charge in [0.1, 0.15) is 0 Å². The number of hydrogen-bond donors (Lipinski definition) is 2. The first-order chi connectivity index (χ1) is 14.0. The smallest absolute Gasteiger partial charge is 0.224 e. The zero-order valence-corrected chi connectivity index (χ0v) is 18.0. The van der Waals surface area contributed by atoms with Gasteiger partial charge in [0.25, 0.3) is 0 Å².